The van der Waals surface area contributed by atoms with Crippen LogP contribution >= 0.6 is 0 Å². The minimum Gasteiger partial charge on any atom is -0.324 e. The molecule has 0 spiro atoms. The van der Waals surface area contributed by atoms with E-state index in [2.05, 4.69) is 21.7 Å². The van der Waals surface area contributed by atoms with E-state index in [4.69, 9.17) is 5.73 Å². The molecule has 0 saturated heterocycles. The first kappa shape index (κ1) is 14.1. The highest BCUT2D eigenvalue weighted by Gasteiger charge is 2.34. The van der Waals surface area contributed by atoms with Gasteiger partial charge >= 0.3 is 0 Å². The number of rotatable bonds is 4. The summed E-state index contributed by atoms with van der Waals surface area (Å²) in [6, 6.07) is 0. The molecule has 0 aliphatic heterocycles. The molecule has 2 fully saturated rings. The number of nitrogens with zero attached hydrogens (tertiary/aromatic N) is 3. The summed E-state index contributed by atoms with van der Waals surface area (Å²) in [6.07, 6.45) is 10.9. The molecule has 0 amide bonds. The van der Waals surface area contributed by atoms with Crippen molar-refractivity contribution in [3.63, 3.8) is 0 Å². The smallest absolute Gasteiger partial charge is 0.146 e. The Hall–Kier alpha value is -0.900. The number of nitrogens with two attached hydrogens (primary N) is 1. The van der Waals surface area contributed by atoms with E-state index >= 15 is 0 Å². The van der Waals surface area contributed by atoms with Gasteiger partial charge in [0.15, 0.2) is 0 Å². The van der Waals surface area contributed by atoms with Crippen LogP contribution in [0.2, 0.25) is 0 Å². The Bertz CT molecular complexity index is 440. The van der Waals surface area contributed by atoms with Crippen LogP contribution in [0, 0.1) is 11.8 Å². The Morgan fingerprint density at radius 1 is 1.10 bits per heavy atom. The quantitative estimate of drug-likeness (QED) is 0.918. The highest BCUT2D eigenvalue weighted by atomic mass is 15.3. The van der Waals surface area contributed by atoms with E-state index in [0.717, 1.165) is 30.6 Å². The predicted octanol–water partition coefficient (Wildman–Crippen LogP) is 3.22. The number of hydrogen-bond acceptors (Lipinski definition) is 3. The fraction of sp³-hybridized carbons (Fsp3) is 0.875. The van der Waals surface area contributed by atoms with Crippen molar-refractivity contribution in [2.75, 3.05) is 0 Å². The van der Waals surface area contributed by atoms with Crippen molar-refractivity contribution in [3.8, 4) is 0 Å². The summed E-state index contributed by atoms with van der Waals surface area (Å²) >= 11 is 0. The zero-order valence-corrected chi connectivity index (χ0v) is 12.7. The van der Waals surface area contributed by atoms with Gasteiger partial charge in [0.2, 0.25) is 0 Å². The summed E-state index contributed by atoms with van der Waals surface area (Å²) in [7, 11) is 0. The van der Waals surface area contributed by atoms with Crippen LogP contribution in [0.1, 0.15) is 75.9 Å². The molecule has 0 radical (unpaired) electrons. The van der Waals surface area contributed by atoms with Crippen molar-refractivity contribution in [2.24, 2.45) is 17.6 Å². The lowest BCUT2D eigenvalue weighted by molar-refractivity contribution is 0.151. The van der Waals surface area contributed by atoms with Crippen LogP contribution in [0.15, 0.2) is 0 Å². The molecule has 1 aromatic heterocycles. The largest absolute Gasteiger partial charge is 0.324 e. The van der Waals surface area contributed by atoms with Gasteiger partial charge in [-0.3, -0.25) is 0 Å². The van der Waals surface area contributed by atoms with E-state index < -0.39 is 0 Å². The second-order valence-electron chi connectivity index (χ2n) is 6.64. The van der Waals surface area contributed by atoms with E-state index in [-0.39, 0.29) is 0 Å². The van der Waals surface area contributed by atoms with Crippen LogP contribution in [-0.4, -0.2) is 14.8 Å². The third-order valence-corrected chi connectivity index (χ3v) is 5.39. The number of fused-ring (bicyclic) bond motifs is 1. The van der Waals surface area contributed by atoms with E-state index in [0.29, 0.717) is 12.5 Å². The third kappa shape index (κ3) is 2.62. The first-order chi connectivity index (χ1) is 9.83. The van der Waals surface area contributed by atoms with Crippen molar-refractivity contribution in [1.29, 1.82) is 0 Å². The molecule has 112 valence electrons. The standard InChI is InChI=1S/C16H28N4/c1-2-9-20-15(11-17)18-19-16(20)14-8-7-12-5-3-4-6-13(12)10-14/h12-14H,2-11,17H2,1H3. The van der Waals surface area contributed by atoms with Gasteiger partial charge in [-0.25, -0.2) is 0 Å². The highest BCUT2D eigenvalue weighted by Crippen LogP contribution is 2.45. The van der Waals surface area contributed by atoms with E-state index in [1.807, 2.05) is 0 Å². The molecule has 0 aromatic carbocycles. The van der Waals surface area contributed by atoms with Gasteiger partial charge in [0.05, 0.1) is 6.54 Å². The van der Waals surface area contributed by atoms with Gasteiger partial charge in [-0.2, -0.15) is 0 Å². The fourth-order valence-electron chi connectivity index (χ4n) is 4.38. The number of hydrogen-bond donors (Lipinski definition) is 1. The Morgan fingerprint density at radius 2 is 1.90 bits per heavy atom. The molecule has 20 heavy (non-hydrogen) atoms. The molecule has 2 aliphatic carbocycles. The normalized spacial score (nSPS) is 30.2. The van der Waals surface area contributed by atoms with Gasteiger partial charge in [0.25, 0.3) is 0 Å². The summed E-state index contributed by atoms with van der Waals surface area (Å²) < 4.78 is 2.30. The van der Waals surface area contributed by atoms with E-state index in [1.165, 1.54) is 50.8 Å². The summed E-state index contributed by atoms with van der Waals surface area (Å²) in [5.74, 6) is 4.74. The van der Waals surface area contributed by atoms with Crippen molar-refractivity contribution in [2.45, 2.75) is 77.3 Å². The average molecular weight is 276 g/mol. The van der Waals surface area contributed by atoms with Crippen LogP contribution in [0.5, 0.6) is 0 Å². The number of aromatic nitrogens is 3. The third-order valence-electron chi connectivity index (χ3n) is 5.39. The Morgan fingerprint density at radius 3 is 2.65 bits per heavy atom. The summed E-state index contributed by atoms with van der Waals surface area (Å²) in [5, 5.41) is 8.82. The maximum absolute atomic E-state index is 5.81. The zero-order valence-electron chi connectivity index (χ0n) is 12.7. The maximum atomic E-state index is 5.81. The summed E-state index contributed by atoms with van der Waals surface area (Å²) in [6.45, 7) is 3.73. The van der Waals surface area contributed by atoms with E-state index in [1.54, 1.807) is 0 Å². The average Bonchev–Trinajstić information content (AvgIpc) is 2.90. The van der Waals surface area contributed by atoms with Crippen LogP contribution in [0.3, 0.4) is 0 Å². The molecule has 1 aromatic rings. The fourth-order valence-corrected chi connectivity index (χ4v) is 4.38. The van der Waals surface area contributed by atoms with Gasteiger partial charge in [-0.15, -0.1) is 10.2 Å². The van der Waals surface area contributed by atoms with Gasteiger partial charge in [0, 0.05) is 12.5 Å². The zero-order chi connectivity index (χ0) is 13.9. The highest BCUT2D eigenvalue weighted by molar-refractivity contribution is 5.05. The second kappa shape index (κ2) is 6.25. The molecule has 3 rings (SSSR count). The van der Waals surface area contributed by atoms with Crippen molar-refractivity contribution >= 4 is 0 Å². The van der Waals surface area contributed by atoms with Crippen LogP contribution in [-0.2, 0) is 13.1 Å². The van der Waals surface area contributed by atoms with Gasteiger partial charge < -0.3 is 10.3 Å². The Labute approximate surface area is 122 Å². The Kier molecular flexibility index (Phi) is 4.39. The molecular weight excluding hydrogens is 248 g/mol. The lowest BCUT2D eigenvalue weighted by Gasteiger charge is -2.39. The first-order valence-electron chi connectivity index (χ1n) is 8.45. The van der Waals surface area contributed by atoms with Crippen LogP contribution in [0.25, 0.3) is 0 Å². The molecule has 4 nitrogen and oxygen atoms in total. The minimum absolute atomic E-state index is 0.506. The molecule has 3 unspecified atom stereocenters. The predicted molar refractivity (Wildman–Crippen MR) is 80.2 cm³/mol. The van der Waals surface area contributed by atoms with E-state index in [9.17, 15) is 0 Å². The molecule has 3 atom stereocenters. The lowest BCUT2D eigenvalue weighted by atomic mass is 9.67. The first-order valence-corrected chi connectivity index (χ1v) is 8.45. The Balaban J connectivity index is 1.77. The molecule has 2 N–H and O–H groups in total. The molecular formula is C16H28N4. The van der Waals surface area contributed by atoms with Gasteiger partial charge in [0.1, 0.15) is 11.6 Å². The monoisotopic (exact) mass is 276 g/mol. The molecule has 0 bridgehead atoms. The molecule has 1 heterocycles. The van der Waals surface area contributed by atoms with Crippen molar-refractivity contribution < 1.29 is 0 Å². The maximum Gasteiger partial charge on any atom is 0.146 e. The van der Waals surface area contributed by atoms with Gasteiger partial charge in [-0.05, 0) is 37.5 Å². The second-order valence-corrected chi connectivity index (χ2v) is 6.64. The van der Waals surface area contributed by atoms with Crippen LogP contribution < -0.4 is 5.73 Å². The van der Waals surface area contributed by atoms with Crippen LogP contribution in [0.4, 0.5) is 0 Å². The van der Waals surface area contributed by atoms with Crippen molar-refractivity contribution in [1.82, 2.24) is 14.8 Å². The summed E-state index contributed by atoms with van der Waals surface area (Å²) in [4.78, 5) is 0. The topological polar surface area (TPSA) is 56.7 Å². The molecule has 2 aliphatic rings. The molecule has 4 heteroatoms. The SMILES string of the molecule is CCCn1c(CN)nnc1C1CCC2CCCCC2C1. The summed E-state index contributed by atoms with van der Waals surface area (Å²) in [5.41, 5.74) is 5.81. The lowest BCUT2D eigenvalue weighted by Crippen LogP contribution is -2.28. The minimum atomic E-state index is 0.506. The van der Waals surface area contributed by atoms with Crippen molar-refractivity contribution in [3.05, 3.63) is 11.6 Å². The molecule has 2 saturated carbocycles. The van der Waals surface area contributed by atoms with Gasteiger partial charge in [-0.1, -0.05) is 32.6 Å².